The fourth-order valence-corrected chi connectivity index (χ4v) is 2.94. The van der Waals surface area contributed by atoms with Gasteiger partial charge in [0.2, 0.25) is 0 Å². The summed E-state index contributed by atoms with van der Waals surface area (Å²) in [6.07, 6.45) is 2.75. The van der Waals surface area contributed by atoms with Crippen molar-refractivity contribution < 1.29 is 24.2 Å². The maximum absolute atomic E-state index is 12.1. The van der Waals surface area contributed by atoms with Crippen LogP contribution in [0.25, 0.3) is 11.0 Å². The number of aromatic nitrogens is 2. The van der Waals surface area contributed by atoms with Crippen LogP contribution in [-0.2, 0) is 16.0 Å². The van der Waals surface area contributed by atoms with Crippen molar-refractivity contribution in [3.63, 3.8) is 0 Å². The Bertz CT molecular complexity index is 1050. The van der Waals surface area contributed by atoms with E-state index in [9.17, 15) is 14.7 Å². The van der Waals surface area contributed by atoms with Gasteiger partial charge in [0, 0.05) is 18.8 Å². The highest BCUT2D eigenvalue weighted by atomic mass is 16.6. The summed E-state index contributed by atoms with van der Waals surface area (Å²) in [5, 5.41) is 13.0. The normalized spacial score (nSPS) is 13.5. The number of hydrogen-bond acceptors (Lipinski definition) is 5. The number of pyridine rings is 1. The molecule has 0 aliphatic heterocycles. The van der Waals surface area contributed by atoms with Crippen molar-refractivity contribution in [2.75, 3.05) is 0 Å². The highest BCUT2D eigenvalue weighted by Crippen LogP contribution is 2.28. The predicted octanol–water partition coefficient (Wildman–Crippen LogP) is 4.27. The van der Waals surface area contributed by atoms with Crippen LogP contribution in [0.15, 0.2) is 48.8 Å². The number of nitrogens with one attached hydrogen (secondary N) is 2. The van der Waals surface area contributed by atoms with Gasteiger partial charge in [0.1, 0.15) is 28.3 Å². The molecule has 158 valence electrons. The molecule has 0 bridgehead atoms. The Hall–Kier alpha value is -3.55. The molecule has 0 saturated heterocycles. The second-order valence-corrected chi connectivity index (χ2v) is 8.24. The first-order valence-corrected chi connectivity index (χ1v) is 9.49. The number of ether oxygens (including phenoxy) is 2. The van der Waals surface area contributed by atoms with Crippen LogP contribution >= 0.6 is 0 Å². The number of benzene rings is 1. The molecule has 8 heteroatoms. The first-order chi connectivity index (χ1) is 14.1. The Labute approximate surface area is 174 Å². The third kappa shape index (κ3) is 5.08. The Morgan fingerprint density at radius 3 is 2.43 bits per heavy atom. The molecule has 1 amide bonds. The lowest BCUT2D eigenvalue weighted by Crippen LogP contribution is -2.54. The summed E-state index contributed by atoms with van der Waals surface area (Å²) >= 11 is 0. The molecule has 1 aromatic carbocycles. The summed E-state index contributed by atoms with van der Waals surface area (Å²) in [6.45, 7) is 6.59. The van der Waals surface area contributed by atoms with E-state index in [0.717, 1.165) is 16.6 Å². The third-order valence-corrected chi connectivity index (χ3v) is 4.38. The molecule has 30 heavy (non-hydrogen) atoms. The summed E-state index contributed by atoms with van der Waals surface area (Å²) in [6, 6.07) is 10.7. The third-order valence-electron chi connectivity index (χ3n) is 4.38. The number of alkyl carbamates (subject to hydrolysis) is 1. The molecule has 2 heterocycles. The molecular weight excluding hydrogens is 386 g/mol. The highest BCUT2D eigenvalue weighted by molar-refractivity contribution is 5.84. The Balaban J connectivity index is 1.72. The van der Waals surface area contributed by atoms with Crippen molar-refractivity contribution in [3.05, 3.63) is 54.4 Å². The summed E-state index contributed by atoms with van der Waals surface area (Å²) in [4.78, 5) is 31.2. The standard InChI is InChI=1S/C22H25N3O5/c1-21(2,3)30-20(28)25-22(4,19(26)27)13-14-5-7-15(8-6-14)29-17-10-12-24-18-16(17)9-11-23-18/h5-12H,13H2,1-4H3,(H,23,24)(H,25,28)(H,26,27). The van der Waals surface area contributed by atoms with Gasteiger partial charge >= 0.3 is 12.1 Å². The first kappa shape index (κ1) is 21.2. The van der Waals surface area contributed by atoms with Crippen LogP contribution < -0.4 is 10.1 Å². The summed E-state index contributed by atoms with van der Waals surface area (Å²) in [5.74, 6) is 0.112. The Morgan fingerprint density at radius 2 is 1.80 bits per heavy atom. The fourth-order valence-electron chi connectivity index (χ4n) is 2.94. The van der Waals surface area contributed by atoms with Gasteiger partial charge in [-0.05, 0) is 57.5 Å². The zero-order chi connectivity index (χ0) is 21.9. The van der Waals surface area contributed by atoms with E-state index in [0.29, 0.717) is 11.5 Å². The molecule has 0 spiro atoms. The minimum absolute atomic E-state index is 0.0825. The summed E-state index contributed by atoms with van der Waals surface area (Å²) in [7, 11) is 0. The van der Waals surface area contributed by atoms with Crippen LogP contribution in [0, 0.1) is 0 Å². The van der Waals surface area contributed by atoms with Crippen molar-refractivity contribution in [1.29, 1.82) is 0 Å². The molecule has 0 aliphatic rings. The molecule has 3 aromatic rings. The number of nitrogens with zero attached hydrogens (tertiary/aromatic N) is 1. The number of carboxylic acid groups (broad SMARTS) is 1. The minimum atomic E-state index is -1.52. The number of carbonyl (C=O) groups is 2. The number of aliphatic carboxylic acids is 1. The zero-order valence-corrected chi connectivity index (χ0v) is 17.4. The molecule has 1 unspecified atom stereocenters. The van der Waals surface area contributed by atoms with Crippen LogP contribution in [0.4, 0.5) is 4.79 Å². The molecular formula is C22H25N3O5. The van der Waals surface area contributed by atoms with Gasteiger partial charge in [-0.1, -0.05) is 12.1 Å². The number of amides is 1. The lowest BCUT2D eigenvalue weighted by molar-refractivity contribution is -0.144. The molecule has 0 fully saturated rings. The number of H-pyrrole nitrogens is 1. The maximum Gasteiger partial charge on any atom is 0.408 e. The van der Waals surface area contributed by atoms with Gasteiger partial charge in [-0.3, -0.25) is 0 Å². The van der Waals surface area contributed by atoms with Gasteiger partial charge in [0.15, 0.2) is 0 Å². The highest BCUT2D eigenvalue weighted by Gasteiger charge is 2.36. The average molecular weight is 411 g/mol. The van der Waals surface area contributed by atoms with Crippen LogP contribution in [0.2, 0.25) is 0 Å². The van der Waals surface area contributed by atoms with Gasteiger partial charge in [-0.15, -0.1) is 0 Å². The molecule has 1 atom stereocenters. The van der Waals surface area contributed by atoms with Crippen molar-refractivity contribution in [2.24, 2.45) is 0 Å². The van der Waals surface area contributed by atoms with Crippen LogP contribution in [0.3, 0.4) is 0 Å². The molecule has 0 saturated carbocycles. The van der Waals surface area contributed by atoms with E-state index in [1.165, 1.54) is 6.92 Å². The largest absolute Gasteiger partial charge is 0.480 e. The zero-order valence-electron chi connectivity index (χ0n) is 17.4. The fraction of sp³-hybridized carbons (Fsp3) is 0.318. The number of fused-ring (bicyclic) bond motifs is 1. The SMILES string of the molecule is CC(C)(C)OC(=O)NC(C)(Cc1ccc(Oc2ccnc3[nH]ccc23)cc1)C(=O)O. The quantitative estimate of drug-likeness (QED) is 0.558. The first-order valence-electron chi connectivity index (χ1n) is 9.49. The minimum Gasteiger partial charge on any atom is -0.480 e. The molecule has 2 aromatic heterocycles. The van der Waals surface area contributed by atoms with Crippen LogP contribution in [0.1, 0.15) is 33.3 Å². The Kier molecular flexibility index (Phi) is 5.69. The van der Waals surface area contributed by atoms with Gasteiger partial charge in [-0.25, -0.2) is 14.6 Å². The van der Waals surface area contributed by atoms with Gasteiger partial charge < -0.3 is 24.9 Å². The maximum atomic E-state index is 12.1. The lowest BCUT2D eigenvalue weighted by atomic mass is 9.93. The van der Waals surface area contributed by atoms with E-state index in [2.05, 4.69) is 15.3 Å². The second kappa shape index (κ2) is 8.06. The predicted molar refractivity (Wildman–Crippen MR) is 112 cm³/mol. The molecule has 8 nitrogen and oxygen atoms in total. The average Bonchev–Trinajstić information content (AvgIpc) is 3.11. The van der Waals surface area contributed by atoms with Crippen molar-refractivity contribution >= 4 is 23.1 Å². The summed E-state index contributed by atoms with van der Waals surface area (Å²) in [5.41, 5.74) is -0.785. The number of hydrogen-bond donors (Lipinski definition) is 3. The Morgan fingerprint density at radius 1 is 1.10 bits per heavy atom. The van der Waals surface area contributed by atoms with E-state index in [1.807, 2.05) is 6.07 Å². The number of carbonyl (C=O) groups excluding carboxylic acids is 1. The number of aromatic amines is 1. The lowest BCUT2D eigenvalue weighted by Gasteiger charge is -2.28. The van der Waals surface area contributed by atoms with Crippen molar-refractivity contribution in [3.8, 4) is 11.5 Å². The van der Waals surface area contributed by atoms with Gasteiger partial charge in [0.05, 0.1) is 5.39 Å². The van der Waals surface area contributed by atoms with E-state index in [-0.39, 0.29) is 6.42 Å². The number of rotatable bonds is 6. The summed E-state index contributed by atoms with van der Waals surface area (Å²) < 4.78 is 11.1. The molecule has 3 N–H and O–H groups in total. The van der Waals surface area contributed by atoms with Gasteiger partial charge in [0.25, 0.3) is 0 Å². The molecule has 0 radical (unpaired) electrons. The van der Waals surface area contributed by atoms with Gasteiger partial charge in [-0.2, -0.15) is 0 Å². The van der Waals surface area contributed by atoms with Crippen molar-refractivity contribution in [2.45, 2.75) is 45.3 Å². The van der Waals surface area contributed by atoms with E-state index >= 15 is 0 Å². The molecule has 0 aliphatic carbocycles. The van der Waals surface area contributed by atoms with Crippen molar-refractivity contribution in [1.82, 2.24) is 15.3 Å². The second-order valence-electron chi connectivity index (χ2n) is 8.24. The number of carboxylic acids is 1. The molecule has 3 rings (SSSR count). The van der Waals surface area contributed by atoms with E-state index in [4.69, 9.17) is 9.47 Å². The van der Waals surface area contributed by atoms with Crippen LogP contribution in [-0.4, -0.2) is 38.3 Å². The monoisotopic (exact) mass is 411 g/mol. The van der Waals surface area contributed by atoms with Crippen LogP contribution in [0.5, 0.6) is 11.5 Å². The topological polar surface area (TPSA) is 114 Å². The van der Waals surface area contributed by atoms with E-state index in [1.54, 1.807) is 63.5 Å². The smallest absolute Gasteiger partial charge is 0.408 e. The van der Waals surface area contributed by atoms with E-state index < -0.39 is 23.2 Å².